The van der Waals surface area contributed by atoms with E-state index in [1.807, 2.05) is 0 Å². The zero-order valence-electron chi connectivity index (χ0n) is 12.5. The maximum absolute atomic E-state index is 11.3. The number of benzene rings is 1. The normalized spacial score (nSPS) is 30.5. The van der Waals surface area contributed by atoms with Crippen molar-refractivity contribution in [2.75, 3.05) is 6.61 Å². The monoisotopic (exact) mass is 325 g/mol. The van der Waals surface area contributed by atoms with Gasteiger partial charge in [0.15, 0.2) is 6.29 Å². The number of ether oxygens (including phenoxy) is 2. The lowest BCUT2D eigenvalue weighted by atomic mass is 9.97. The van der Waals surface area contributed by atoms with Gasteiger partial charge in [-0.2, -0.15) is 0 Å². The fraction of sp³-hybridized carbons (Fsp3) is 0.467. The van der Waals surface area contributed by atoms with Crippen molar-refractivity contribution in [1.29, 1.82) is 0 Å². The van der Waals surface area contributed by atoms with Crippen LogP contribution in [0.2, 0.25) is 0 Å². The molecule has 1 aliphatic rings. The lowest BCUT2D eigenvalue weighted by molar-refractivity contribution is -0.244. The Balaban J connectivity index is 2.27. The average molecular weight is 325 g/mol. The summed E-state index contributed by atoms with van der Waals surface area (Å²) in [5.41, 5.74) is 0.263. The van der Waals surface area contributed by atoms with Crippen molar-refractivity contribution in [3.63, 3.8) is 0 Å². The minimum Gasteiger partial charge on any atom is -0.462 e. The van der Waals surface area contributed by atoms with Crippen molar-refractivity contribution >= 4 is 12.2 Å². The van der Waals surface area contributed by atoms with E-state index in [0.717, 1.165) is 0 Å². The molecule has 1 amide bonds. The van der Waals surface area contributed by atoms with Gasteiger partial charge in [0, 0.05) is 6.92 Å². The largest absolute Gasteiger partial charge is 0.462 e. The van der Waals surface area contributed by atoms with E-state index in [1.165, 1.54) is 19.1 Å². The number of aliphatic hydroxyl groups excluding tert-OH is 3. The van der Waals surface area contributed by atoms with Crippen LogP contribution in [0.5, 0.6) is 5.75 Å². The molecule has 1 aromatic carbocycles. The summed E-state index contributed by atoms with van der Waals surface area (Å²) in [6.07, 6.45) is -4.46. The number of aldehydes is 1. The van der Waals surface area contributed by atoms with Gasteiger partial charge >= 0.3 is 0 Å². The first-order valence-corrected chi connectivity index (χ1v) is 7.08. The first kappa shape index (κ1) is 17.4. The van der Waals surface area contributed by atoms with Gasteiger partial charge in [-0.25, -0.2) is 0 Å². The van der Waals surface area contributed by atoms with Crippen LogP contribution in [0, 0.1) is 0 Å². The molecule has 8 heteroatoms. The third-order valence-corrected chi connectivity index (χ3v) is 3.54. The first-order valence-electron chi connectivity index (χ1n) is 7.08. The maximum atomic E-state index is 11.3. The van der Waals surface area contributed by atoms with Gasteiger partial charge < -0.3 is 30.1 Å². The molecule has 5 atom stereocenters. The third-order valence-electron chi connectivity index (χ3n) is 3.54. The summed E-state index contributed by atoms with van der Waals surface area (Å²) in [5.74, 6) is -0.257. The van der Waals surface area contributed by atoms with Crippen molar-refractivity contribution < 1.29 is 34.4 Å². The van der Waals surface area contributed by atoms with Crippen LogP contribution in [0.3, 0.4) is 0 Å². The number of para-hydroxylation sites is 1. The molecule has 126 valence electrons. The van der Waals surface area contributed by atoms with E-state index in [-0.39, 0.29) is 11.3 Å². The summed E-state index contributed by atoms with van der Waals surface area (Å²) in [4.78, 5) is 22.4. The zero-order valence-corrected chi connectivity index (χ0v) is 12.5. The van der Waals surface area contributed by atoms with E-state index >= 15 is 0 Å². The fourth-order valence-electron chi connectivity index (χ4n) is 2.38. The van der Waals surface area contributed by atoms with E-state index in [2.05, 4.69) is 5.32 Å². The minimum absolute atomic E-state index is 0.197. The number of carbonyl (C=O) groups excluding carboxylic acids is 2. The van der Waals surface area contributed by atoms with E-state index in [1.54, 1.807) is 12.1 Å². The van der Waals surface area contributed by atoms with Crippen LogP contribution in [0.25, 0.3) is 0 Å². The topological polar surface area (TPSA) is 125 Å². The quantitative estimate of drug-likeness (QED) is 0.502. The van der Waals surface area contributed by atoms with E-state index in [9.17, 15) is 24.9 Å². The molecule has 8 nitrogen and oxygen atoms in total. The molecule has 0 radical (unpaired) electrons. The van der Waals surface area contributed by atoms with Crippen molar-refractivity contribution in [2.45, 2.75) is 37.6 Å². The van der Waals surface area contributed by atoms with Crippen LogP contribution >= 0.6 is 0 Å². The number of nitrogens with one attached hydrogen (secondary N) is 1. The van der Waals surface area contributed by atoms with Gasteiger partial charge in [0.1, 0.15) is 30.1 Å². The van der Waals surface area contributed by atoms with Crippen molar-refractivity contribution in [3.05, 3.63) is 29.8 Å². The second kappa shape index (κ2) is 7.51. The lowest BCUT2D eigenvalue weighted by Crippen LogP contribution is -2.65. The van der Waals surface area contributed by atoms with E-state index in [4.69, 9.17) is 9.47 Å². The molecular formula is C15H19NO7. The Labute approximate surface area is 132 Å². The maximum Gasteiger partial charge on any atom is 0.223 e. The Morgan fingerprint density at radius 1 is 1.35 bits per heavy atom. The number of hydrogen-bond acceptors (Lipinski definition) is 7. The van der Waals surface area contributed by atoms with Gasteiger partial charge in [-0.1, -0.05) is 12.1 Å². The van der Waals surface area contributed by atoms with Crippen LogP contribution in [0.15, 0.2) is 24.3 Å². The molecule has 1 saturated heterocycles. The number of hydrogen-bond donors (Lipinski definition) is 4. The van der Waals surface area contributed by atoms with Crippen molar-refractivity contribution in [1.82, 2.24) is 5.32 Å². The van der Waals surface area contributed by atoms with Crippen LogP contribution in [0.4, 0.5) is 0 Å². The van der Waals surface area contributed by atoms with Gasteiger partial charge in [-0.3, -0.25) is 9.59 Å². The summed E-state index contributed by atoms with van der Waals surface area (Å²) in [5, 5.41) is 31.7. The van der Waals surface area contributed by atoms with Crippen LogP contribution < -0.4 is 10.1 Å². The number of aliphatic hydroxyl groups is 3. The summed E-state index contributed by atoms with van der Waals surface area (Å²) >= 11 is 0. The molecule has 0 bridgehead atoms. The van der Waals surface area contributed by atoms with Gasteiger partial charge in [-0.05, 0) is 12.1 Å². The standard InChI is InChI=1S/C15H19NO7/c1-8(19)16-12-14(21)13(20)11(7-18)23-15(12)22-10-5-3-2-4-9(10)6-17/h2-6,11-15,18,20-21H,7H2,1H3,(H,16,19)/t11-,12+,13-,14+,15-/m1/s1. The molecule has 1 aromatic rings. The van der Waals surface area contributed by atoms with Crippen LogP contribution in [-0.4, -0.2) is 64.8 Å². The predicted molar refractivity (Wildman–Crippen MR) is 77.8 cm³/mol. The second-order valence-electron chi connectivity index (χ2n) is 5.21. The Hall–Kier alpha value is -2.00. The zero-order chi connectivity index (χ0) is 17.0. The molecule has 0 aromatic heterocycles. The molecule has 4 N–H and O–H groups in total. The Morgan fingerprint density at radius 3 is 2.65 bits per heavy atom. The molecule has 0 saturated carbocycles. The van der Waals surface area contributed by atoms with Crippen LogP contribution in [0.1, 0.15) is 17.3 Å². The third kappa shape index (κ3) is 3.85. The number of carbonyl (C=O) groups is 2. The lowest BCUT2D eigenvalue weighted by Gasteiger charge is -2.42. The highest BCUT2D eigenvalue weighted by molar-refractivity contribution is 5.79. The number of rotatable bonds is 5. The van der Waals surface area contributed by atoms with Gasteiger partial charge in [0.2, 0.25) is 12.2 Å². The van der Waals surface area contributed by atoms with Crippen LogP contribution in [-0.2, 0) is 9.53 Å². The molecular weight excluding hydrogens is 306 g/mol. The molecule has 1 fully saturated rings. The molecule has 1 aliphatic heterocycles. The van der Waals surface area contributed by atoms with Gasteiger partial charge in [0.05, 0.1) is 12.2 Å². The predicted octanol–water partition coefficient (Wildman–Crippen LogP) is -1.18. The molecule has 0 spiro atoms. The second-order valence-corrected chi connectivity index (χ2v) is 5.21. The Morgan fingerprint density at radius 2 is 2.04 bits per heavy atom. The van der Waals surface area contributed by atoms with Gasteiger partial charge in [-0.15, -0.1) is 0 Å². The smallest absolute Gasteiger partial charge is 0.223 e. The minimum atomic E-state index is -1.40. The van der Waals surface area contributed by atoms with Gasteiger partial charge in [0.25, 0.3) is 0 Å². The highest BCUT2D eigenvalue weighted by atomic mass is 16.7. The Bertz CT molecular complexity index is 565. The molecule has 1 heterocycles. The molecule has 2 rings (SSSR count). The number of amides is 1. The Kier molecular flexibility index (Phi) is 5.67. The SMILES string of the molecule is CC(=O)N[C@@H]1[C@H](Oc2ccccc2C=O)O[C@H](CO)[C@@H](O)[C@H]1O. The summed E-state index contributed by atoms with van der Waals surface area (Å²) in [7, 11) is 0. The van der Waals surface area contributed by atoms with E-state index < -0.39 is 43.2 Å². The summed E-state index contributed by atoms with van der Waals surface area (Å²) in [6, 6.07) is 5.30. The highest BCUT2D eigenvalue weighted by Crippen LogP contribution is 2.26. The molecule has 0 unspecified atom stereocenters. The average Bonchev–Trinajstić information content (AvgIpc) is 2.54. The first-order chi connectivity index (χ1) is 11.0. The highest BCUT2D eigenvalue weighted by Gasteiger charge is 2.46. The van der Waals surface area contributed by atoms with Crippen molar-refractivity contribution in [3.8, 4) is 5.75 Å². The fourth-order valence-corrected chi connectivity index (χ4v) is 2.38. The molecule has 23 heavy (non-hydrogen) atoms. The summed E-state index contributed by atoms with van der Waals surface area (Å²) in [6.45, 7) is 0.702. The molecule has 0 aliphatic carbocycles. The summed E-state index contributed by atoms with van der Waals surface area (Å²) < 4.78 is 11.0. The van der Waals surface area contributed by atoms with E-state index in [0.29, 0.717) is 6.29 Å². The van der Waals surface area contributed by atoms with Crippen molar-refractivity contribution in [2.24, 2.45) is 0 Å².